The fourth-order valence-electron chi connectivity index (χ4n) is 2.17. The van der Waals surface area contributed by atoms with Crippen LogP contribution >= 0.6 is 15.9 Å². The quantitative estimate of drug-likeness (QED) is 0.847. The van der Waals surface area contributed by atoms with Gasteiger partial charge in [-0.1, -0.05) is 22.9 Å². The monoisotopic (exact) mass is 300 g/mol. The Bertz CT molecular complexity index is 376. The van der Waals surface area contributed by atoms with Gasteiger partial charge in [0.05, 0.1) is 0 Å². The van der Waals surface area contributed by atoms with Gasteiger partial charge in [-0.2, -0.15) is 0 Å². The number of hydrogen-bond donors (Lipinski definition) is 0. The molecule has 0 spiro atoms. The Balaban J connectivity index is 1.95. The van der Waals surface area contributed by atoms with Gasteiger partial charge in [0.15, 0.2) is 0 Å². The highest BCUT2D eigenvalue weighted by Crippen LogP contribution is 2.20. The summed E-state index contributed by atoms with van der Waals surface area (Å²) < 4.78 is 14.2. The summed E-state index contributed by atoms with van der Waals surface area (Å²) in [4.78, 5) is 4.82. The van der Waals surface area contributed by atoms with Gasteiger partial charge in [0.2, 0.25) is 0 Å². The zero-order chi connectivity index (χ0) is 12.3. The Hall–Kier alpha value is -0.450. The minimum absolute atomic E-state index is 0.157. The van der Waals surface area contributed by atoms with Crippen LogP contribution in [0.25, 0.3) is 0 Å². The SMILES string of the molecule is CCN1CCN(Cc2cc(F)ccc2Br)CC1. The van der Waals surface area contributed by atoms with Crippen molar-refractivity contribution >= 4 is 15.9 Å². The van der Waals surface area contributed by atoms with Crippen molar-refractivity contribution in [2.75, 3.05) is 32.7 Å². The normalized spacial score (nSPS) is 18.5. The molecule has 0 unspecified atom stereocenters. The van der Waals surface area contributed by atoms with Crippen LogP contribution in [0.4, 0.5) is 4.39 Å². The van der Waals surface area contributed by atoms with Gasteiger partial charge in [0.25, 0.3) is 0 Å². The third kappa shape index (κ3) is 3.50. The average Bonchev–Trinajstić information content (AvgIpc) is 2.35. The van der Waals surface area contributed by atoms with Crippen molar-refractivity contribution in [2.45, 2.75) is 13.5 Å². The first-order valence-corrected chi connectivity index (χ1v) is 6.87. The summed E-state index contributed by atoms with van der Waals surface area (Å²) in [6.07, 6.45) is 0. The third-order valence-electron chi connectivity index (χ3n) is 3.31. The van der Waals surface area contributed by atoms with Crippen LogP contribution in [0.2, 0.25) is 0 Å². The fourth-order valence-corrected chi connectivity index (χ4v) is 2.54. The molecular weight excluding hydrogens is 283 g/mol. The van der Waals surface area contributed by atoms with Crippen molar-refractivity contribution in [3.05, 3.63) is 34.1 Å². The summed E-state index contributed by atoms with van der Waals surface area (Å²) >= 11 is 3.48. The van der Waals surface area contributed by atoms with E-state index in [0.29, 0.717) is 0 Å². The van der Waals surface area contributed by atoms with Crippen LogP contribution < -0.4 is 0 Å². The van der Waals surface area contributed by atoms with Crippen molar-refractivity contribution < 1.29 is 4.39 Å². The predicted octanol–water partition coefficient (Wildman–Crippen LogP) is 2.73. The van der Waals surface area contributed by atoms with Crippen LogP contribution in [-0.4, -0.2) is 42.5 Å². The molecular formula is C13H18BrFN2. The molecule has 0 bridgehead atoms. The Morgan fingerprint density at radius 2 is 1.82 bits per heavy atom. The van der Waals surface area contributed by atoms with Crippen LogP contribution in [-0.2, 0) is 6.54 Å². The molecule has 1 aromatic rings. The molecule has 1 aliphatic rings. The maximum atomic E-state index is 13.2. The first-order valence-electron chi connectivity index (χ1n) is 6.07. The molecule has 0 saturated carbocycles. The van der Waals surface area contributed by atoms with E-state index in [4.69, 9.17) is 0 Å². The van der Waals surface area contributed by atoms with Crippen molar-refractivity contribution in [2.24, 2.45) is 0 Å². The van der Waals surface area contributed by atoms with Gasteiger partial charge >= 0.3 is 0 Å². The lowest BCUT2D eigenvalue weighted by Gasteiger charge is -2.34. The maximum absolute atomic E-state index is 13.2. The second-order valence-electron chi connectivity index (χ2n) is 4.45. The lowest BCUT2D eigenvalue weighted by atomic mass is 10.2. The fraction of sp³-hybridized carbons (Fsp3) is 0.538. The molecule has 0 amide bonds. The largest absolute Gasteiger partial charge is 0.301 e. The topological polar surface area (TPSA) is 6.48 Å². The first-order chi connectivity index (χ1) is 8.19. The van der Waals surface area contributed by atoms with Gasteiger partial charge < -0.3 is 4.90 Å². The van der Waals surface area contributed by atoms with E-state index in [1.807, 2.05) is 0 Å². The summed E-state index contributed by atoms with van der Waals surface area (Å²) in [5, 5.41) is 0. The molecule has 0 radical (unpaired) electrons. The number of rotatable bonds is 3. The standard InChI is InChI=1S/C13H18BrFN2/c1-2-16-5-7-17(8-6-16)10-11-9-12(15)3-4-13(11)14/h3-4,9H,2,5-8,10H2,1H3. The highest BCUT2D eigenvalue weighted by molar-refractivity contribution is 9.10. The summed E-state index contributed by atoms with van der Waals surface area (Å²) in [6, 6.07) is 4.89. The van der Waals surface area contributed by atoms with E-state index >= 15 is 0 Å². The van der Waals surface area contributed by atoms with E-state index in [2.05, 4.69) is 32.7 Å². The second-order valence-corrected chi connectivity index (χ2v) is 5.30. The van der Waals surface area contributed by atoms with Crippen molar-refractivity contribution in [1.82, 2.24) is 9.80 Å². The molecule has 0 atom stereocenters. The number of benzene rings is 1. The zero-order valence-corrected chi connectivity index (χ0v) is 11.7. The molecule has 0 N–H and O–H groups in total. The Labute approximate surface area is 111 Å². The number of nitrogens with zero attached hydrogens (tertiary/aromatic N) is 2. The smallest absolute Gasteiger partial charge is 0.123 e. The Kier molecular flexibility index (Phi) is 4.54. The van der Waals surface area contributed by atoms with Gasteiger partial charge in [-0.25, -0.2) is 4.39 Å². The third-order valence-corrected chi connectivity index (χ3v) is 4.09. The van der Waals surface area contributed by atoms with Gasteiger partial charge in [-0.05, 0) is 30.3 Å². The van der Waals surface area contributed by atoms with Gasteiger partial charge in [0.1, 0.15) is 5.82 Å². The van der Waals surface area contributed by atoms with E-state index in [0.717, 1.165) is 49.3 Å². The molecule has 1 fully saturated rings. The lowest BCUT2D eigenvalue weighted by Crippen LogP contribution is -2.45. The number of piperazine rings is 1. The minimum atomic E-state index is -0.157. The molecule has 94 valence electrons. The van der Waals surface area contributed by atoms with Gasteiger partial charge in [0, 0.05) is 37.2 Å². The molecule has 2 rings (SSSR count). The molecule has 0 aliphatic carbocycles. The summed E-state index contributed by atoms with van der Waals surface area (Å²) in [5.41, 5.74) is 1.04. The van der Waals surface area contributed by atoms with Crippen molar-refractivity contribution in [3.63, 3.8) is 0 Å². The molecule has 2 nitrogen and oxygen atoms in total. The van der Waals surface area contributed by atoms with Crippen molar-refractivity contribution in [3.8, 4) is 0 Å². The Morgan fingerprint density at radius 1 is 1.18 bits per heavy atom. The maximum Gasteiger partial charge on any atom is 0.123 e. The molecule has 1 aromatic carbocycles. The second kappa shape index (κ2) is 5.94. The molecule has 1 aliphatic heterocycles. The molecule has 1 saturated heterocycles. The van der Waals surface area contributed by atoms with Crippen LogP contribution in [0.1, 0.15) is 12.5 Å². The minimum Gasteiger partial charge on any atom is -0.301 e. The highest BCUT2D eigenvalue weighted by atomic mass is 79.9. The number of hydrogen-bond acceptors (Lipinski definition) is 2. The van der Waals surface area contributed by atoms with Crippen LogP contribution in [0.5, 0.6) is 0 Å². The molecule has 17 heavy (non-hydrogen) atoms. The number of likely N-dealkylation sites (N-methyl/N-ethyl adjacent to an activating group) is 1. The molecule has 4 heteroatoms. The summed E-state index contributed by atoms with van der Waals surface area (Å²) in [5.74, 6) is -0.157. The average molecular weight is 301 g/mol. The van der Waals surface area contributed by atoms with E-state index < -0.39 is 0 Å². The number of halogens is 2. The predicted molar refractivity (Wildman–Crippen MR) is 71.5 cm³/mol. The lowest BCUT2D eigenvalue weighted by molar-refractivity contribution is 0.131. The summed E-state index contributed by atoms with van der Waals surface area (Å²) in [7, 11) is 0. The highest BCUT2D eigenvalue weighted by Gasteiger charge is 2.16. The Morgan fingerprint density at radius 3 is 2.47 bits per heavy atom. The molecule has 1 heterocycles. The van der Waals surface area contributed by atoms with E-state index in [9.17, 15) is 4.39 Å². The van der Waals surface area contributed by atoms with Crippen LogP contribution in [0.3, 0.4) is 0 Å². The van der Waals surface area contributed by atoms with Gasteiger partial charge in [-0.3, -0.25) is 4.90 Å². The van der Waals surface area contributed by atoms with Gasteiger partial charge in [-0.15, -0.1) is 0 Å². The first kappa shape index (κ1) is 13.0. The van der Waals surface area contributed by atoms with E-state index in [1.54, 1.807) is 12.1 Å². The van der Waals surface area contributed by atoms with Crippen molar-refractivity contribution in [1.29, 1.82) is 0 Å². The van der Waals surface area contributed by atoms with E-state index in [-0.39, 0.29) is 5.82 Å². The van der Waals surface area contributed by atoms with Crippen LogP contribution in [0, 0.1) is 5.82 Å². The van der Waals surface area contributed by atoms with Crippen LogP contribution in [0.15, 0.2) is 22.7 Å². The zero-order valence-electron chi connectivity index (χ0n) is 10.1. The van der Waals surface area contributed by atoms with E-state index in [1.165, 1.54) is 6.07 Å². The molecule has 0 aromatic heterocycles. The summed E-state index contributed by atoms with van der Waals surface area (Å²) in [6.45, 7) is 8.51.